The van der Waals surface area contributed by atoms with Crippen molar-refractivity contribution in [3.05, 3.63) is 16.9 Å². The molecule has 0 bridgehead atoms. The number of hydrogen-bond donors (Lipinski definition) is 0. The van der Waals surface area contributed by atoms with E-state index in [2.05, 4.69) is 5.10 Å². The average molecular weight is 252 g/mol. The fourth-order valence-corrected chi connectivity index (χ4v) is 1.41. The molecule has 0 spiro atoms. The number of aromatic nitrogens is 2. The van der Waals surface area contributed by atoms with Gasteiger partial charge in [-0.1, -0.05) is 11.6 Å². The smallest absolute Gasteiger partial charge is 0.302 e. The molecule has 0 atom stereocenters. The molecule has 0 unspecified atom stereocenters. The van der Waals surface area contributed by atoms with Gasteiger partial charge in [0.15, 0.2) is 0 Å². The Kier molecular flexibility index (Phi) is 4.37. The molecular formula is C9H12ClF2N3O. The Labute approximate surface area is 96.8 Å². The number of hydrogen-bond acceptors (Lipinski definition) is 3. The van der Waals surface area contributed by atoms with Gasteiger partial charge in [-0.25, -0.2) is 8.78 Å². The van der Waals surface area contributed by atoms with Gasteiger partial charge in [0.1, 0.15) is 5.69 Å². The van der Waals surface area contributed by atoms with Crippen LogP contribution in [0.1, 0.15) is 10.5 Å². The van der Waals surface area contributed by atoms with Gasteiger partial charge in [0.05, 0.1) is 17.8 Å². The molecule has 0 amide bonds. The first-order chi connectivity index (χ1) is 7.43. The van der Waals surface area contributed by atoms with E-state index in [1.807, 2.05) is 19.0 Å². The summed E-state index contributed by atoms with van der Waals surface area (Å²) < 4.78 is 25.8. The molecular weight excluding hydrogens is 240 g/mol. The van der Waals surface area contributed by atoms with E-state index in [-0.39, 0.29) is 10.7 Å². The van der Waals surface area contributed by atoms with Gasteiger partial charge in [0, 0.05) is 6.54 Å². The van der Waals surface area contributed by atoms with Crippen molar-refractivity contribution in [3.63, 3.8) is 0 Å². The lowest BCUT2D eigenvalue weighted by Crippen LogP contribution is -2.23. The Morgan fingerprint density at radius 2 is 2.25 bits per heavy atom. The van der Waals surface area contributed by atoms with Gasteiger partial charge in [-0.2, -0.15) is 5.10 Å². The Hall–Kier alpha value is -1.01. The van der Waals surface area contributed by atoms with Crippen LogP contribution in [0.25, 0.3) is 0 Å². The van der Waals surface area contributed by atoms with Crippen LogP contribution >= 0.6 is 11.6 Å². The number of likely N-dealkylation sites (N-methyl/N-ethyl adjacent to an activating group) is 1. The normalized spacial score (nSPS) is 11.4. The molecule has 1 heterocycles. The Bertz CT molecular complexity index is 379. The predicted octanol–water partition coefficient (Wildman–Crippen LogP) is 1.55. The van der Waals surface area contributed by atoms with E-state index >= 15 is 0 Å². The van der Waals surface area contributed by atoms with Gasteiger partial charge in [-0.15, -0.1) is 0 Å². The summed E-state index contributed by atoms with van der Waals surface area (Å²) in [6, 6.07) is 0. The minimum Gasteiger partial charge on any atom is -0.308 e. The summed E-state index contributed by atoms with van der Waals surface area (Å²) in [6.07, 6.45) is -1.86. The van der Waals surface area contributed by atoms with Crippen LogP contribution in [0.3, 0.4) is 0 Å². The average Bonchev–Trinajstić information content (AvgIpc) is 2.55. The van der Waals surface area contributed by atoms with Crippen molar-refractivity contribution < 1.29 is 13.6 Å². The molecule has 0 aromatic carbocycles. The van der Waals surface area contributed by atoms with Crippen molar-refractivity contribution in [2.45, 2.75) is 13.0 Å². The minimum absolute atomic E-state index is 0.0379. The highest BCUT2D eigenvalue weighted by Crippen LogP contribution is 2.18. The number of carbonyl (C=O) groups is 1. The van der Waals surface area contributed by atoms with Gasteiger partial charge >= 0.3 is 6.43 Å². The first-order valence-corrected chi connectivity index (χ1v) is 4.99. The molecule has 0 aliphatic carbocycles. The summed E-state index contributed by atoms with van der Waals surface area (Å²) in [5.74, 6) is -1.29. The van der Waals surface area contributed by atoms with Crippen molar-refractivity contribution in [1.29, 1.82) is 0 Å². The lowest BCUT2D eigenvalue weighted by molar-refractivity contribution is 0.0666. The van der Waals surface area contributed by atoms with Crippen LogP contribution in [0.2, 0.25) is 5.02 Å². The molecule has 0 aliphatic heterocycles. The number of Topliss-reactive ketones (excluding diaryl/α,β-unsaturated/α-hetero) is 1. The second kappa shape index (κ2) is 5.36. The Morgan fingerprint density at radius 3 is 2.75 bits per heavy atom. The third-order valence-electron chi connectivity index (χ3n) is 1.99. The van der Waals surface area contributed by atoms with E-state index in [1.165, 1.54) is 10.9 Å². The molecule has 1 rings (SSSR count). The van der Waals surface area contributed by atoms with E-state index in [0.717, 1.165) is 0 Å². The molecule has 0 saturated heterocycles. The van der Waals surface area contributed by atoms with E-state index in [4.69, 9.17) is 11.6 Å². The van der Waals surface area contributed by atoms with Gasteiger partial charge in [-0.3, -0.25) is 9.48 Å². The van der Waals surface area contributed by atoms with Gasteiger partial charge in [0.2, 0.25) is 5.78 Å². The second-order valence-electron chi connectivity index (χ2n) is 3.53. The van der Waals surface area contributed by atoms with Gasteiger partial charge in [0.25, 0.3) is 0 Å². The van der Waals surface area contributed by atoms with Crippen LogP contribution in [0.15, 0.2) is 6.20 Å². The van der Waals surface area contributed by atoms with Crippen LogP contribution in [-0.2, 0) is 6.54 Å². The van der Waals surface area contributed by atoms with Crippen molar-refractivity contribution in [3.8, 4) is 0 Å². The van der Waals surface area contributed by atoms with E-state index < -0.39 is 12.2 Å². The highest BCUT2D eigenvalue weighted by Gasteiger charge is 2.25. The number of alkyl halides is 2. The van der Waals surface area contributed by atoms with Crippen LogP contribution in [0.5, 0.6) is 0 Å². The molecule has 0 saturated carbocycles. The highest BCUT2D eigenvalue weighted by molar-refractivity contribution is 6.33. The summed E-state index contributed by atoms with van der Waals surface area (Å²) in [4.78, 5) is 13.0. The summed E-state index contributed by atoms with van der Waals surface area (Å²) in [5.41, 5.74) is -0.224. The van der Waals surface area contributed by atoms with Crippen molar-refractivity contribution >= 4 is 17.4 Å². The molecule has 0 N–H and O–H groups in total. The molecule has 0 fully saturated rings. The zero-order valence-corrected chi connectivity index (χ0v) is 9.71. The lowest BCUT2D eigenvalue weighted by atomic mass is 10.3. The van der Waals surface area contributed by atoms with E-state index in [1.54, 1.807) is 0 Å². The van der Waals surface area contributed by atoms with Crippen molar-refractivity contribution in [2.75, 3.05) is 20.6 Å². The van der Waals surface area contributed by atoms with Crippen LogP contribution in [0, 0.1) is 0 Å². The Balaban J connectivity index is 2.90. The second-order valence-corrected chi connectivity index (χ2v) is 3.94. The minimum atomic E-state index is -3.06. The quantitative estimate of drug-likeness (QED) is 0.745. The maximum absolute atomic E-state index is 12.3. The number of halogens is 3. The first-order valence-electron chi connectivity index (χ1n) is 4.62. The summed E-state index contributed by atoms with van der Waals surface area (Å²) in [6.45, 7) is 0.926. The molecule has 16 heavy (non-hydrogen) atoms. The predicted molar refractivity (Wildman–Crippen MR) is 56.1 cm³/mol. The molecule has 1 aromatic heterocycles. The fraction of sp³-hybridized carbons (Fsp3) is 0.556. The molecule has 0 aliphatic rings. The number of rotatable bonds is 5. The lowest BCUT2D eigenvalue weighted by Gasteiger charge is -2.11. The largest absolute Gasteiger partial charge is 0.308 e. The molecule has 7 heteroatoms. The number of nitrogens with zero attached hydrogens (tertiary/aromatic N) is 3. The van der Waals surface area contributed by atoms with Crippen LogP contribution < -0.4 is 0 Å². The van der Waals surface area contributed by atoms with E-state index in [0.29, 0.717) is 13.1 Å². The summed E-state index contributed by atoms with van der Waals surface area (Å²) >= 11 is 5.65. The molecule has 0 radical (unpaired) electrons. The monoisotopic (exact) mass is 251 g/mol. The van der Waals surface area contributed by atoms with E-state index in [9.17, 15) is 13.6 Å². The number of carbonyl (C=O) groups excluding carboxylic acids is 1. The summed E-state index contributed by atoms with van der Waals surface area (Å²) in [5, 5.41) is 3.76. The topological polar surface area (TPSA) is 38.1 Å². The summed E-state index contributed by atoms with van der Waals surface area (Å²) in [7, 11) is 3.67. The van der Waals surface area contributed by atoms with Gasteiger partial charge in [-0.05, 0) is 14.1 Å². The fourth-order valence-electron chi connectivity index (χ4n) is 1.18. The number of ketones is 1. The zero-order valence-electron chi connectivity index (χ0n) is 8.95. The van der Waals surface area contributed by atoms with Crippen LogP contribution in [0.4, 0.5) is 8.78 Å². The molecule has 90 valence electrons. The zero-order chi connectivity index (χ0) is 12.3. The molecule has 4 nitrogen and oxygen atoms in total. The maximum atomic E-state index is 12.3. The van der Waals surface area contributed by atoms with Crippen molar-refractivity contribution in [1.82, 2.24) is 14.7 Å². The third-order valence-corrected chi connectivity index (χ3v) is 2.26. The SMILES string of the molecule is CN(C)CCn1ncc(Cl)c1C(=O)C(F)F. The van der Waals surface area contributed by atoms with Crippen LogP contribution in [-0.4, -0.2) is 47.5 Å². The first kappa shape index (κ1) is 13.1. The standard InChI is InChI=1S/C9H12ClF2N3O/c1-14(2)3-4-15-7(6(10)5-13-15)8(16)9(11)12/h5,9H,3-4H2,1-2H3. The molecule has 1 aromatic rings. The third kappa shape index (κ3) is 2.99. The van der Waals surface area contributed by atoms with Crippen molar-refractivity contribution in [2.24, 2.45) is 0 Å². The van der Waals surface area contributed by atoms with Gasteiger partial charge < -0.3 is 4.90 Å². The Morgan fingerprint density at radius 1 is 1.62 bits per heavy atom. The highest BCUT2D eigenvalue weighted by atomic mass is 35.5. The maximum Gasteiger partial charge on any atom is 0.302 e.